The van der Waals surface area contributed by atoms with Gasteiger partial charge in [0.1, 0.15) is 5.69 Å². The van der Waals surface area contributed by atoms with E-state index in [2.05, 4.69) is 15.3 Å². The number of hydrogen-bond acceptors (Lipinski definition) is 3. The van der Waals surface area contributed by atoms with Crippen LogP contribution in [0.2, 0.25) is 0 Å². The summed E-state index contributed by atoms with van der Waals surface area (Å²) >= 11 is 0. The van der Waals surface area contributed by atoms with E-state index in [1.54, 1.807) is 6.92 Å². The van der Waals surface area contributed by atoms with Gasteiger partial charge in [0.05, 0.1) is 12.0 Å². The maximum absolute atomic E-state index is 11.1. The number of nitrogens with zero attached hydrogens (tertiary/aromatic N) is 1. The van der Waals surface area contributed by atoms with Crippen LogP contribution >= 0.6 is 0 Å². The minimum Gasteiger partial charge on any atom is -0.379 e. The first-order valence-electron chi connectivity index (χ1n) is 3.54. The van der Waals surface area contributed by atoms with E-state index in [1.807, 2.05) is 6.92 Å². The lowest BCUT2D eigenvalue weighted by Gasteiger charge is -2.02. The van der Waals surface area contributed by atoms with E-state index in [0.29, 0.717) is 5.69 Å². The van der Waals surface area contributed by atoms with Crippen LogP contribution in [-0.4, -0.2) is 16.5 Å². The van der Waals surface area contributed by atoms with E-state index in [0.717, 1.165) is 12.2 Å². The van der Waals surface area contributed by atoms with Gasteiger partial charge in [0.2, 0.25) is 0 Å². The predicted octanol–water partition coefficient (Wildman–Crippen LogP) is 0.510. The Bertz CT molecular complexity index is 292. The number of aryl methyl sites for hydroxylation is 1. The van der Waals surface area contributed by atoms with Gasteiger partial charge < -0.3 is 10.3 Å². The molecule has 0 saturated carbocycles. The predicted molar refractivity (Wildman–Crippen MR) is 43.8 cm³/mol. The third-order valence-corrected chi connectivity index (χ3v) is 1.40. The first kappa shape index (κ1) is 7.78. The number of rotatable bonds is 2. The molecule has 1 aromatic rings. The number of nitrogens with one attached hydrogen (secondary N) is 2. The minimum atomic E-state index is -0.112. The molecule has 4 nitrogen and oxygen atoms in total. The van der Waals surface area contributed by atoms with Gasteiger partial charge in [-0.3, -0.25) is 4.79 Å². The van der Waals surface area contributed by atoms with Crippen molar-refractivity contribution in [1.29, 1.82) is 0 Å². The molecule has 1 heterocycles. The van der Waals surface area contributed by atoms with Gasteiger partial charge in [-0.1, -0.05) is 0 Å². The van der Waals surface area contributed by atoms with E-state index in [-0.39, 0.29) is 5.56 Å². The highest BCUT2D eigenvalue weighted by atomic mass is 16.1. The molecule has 0 atom stereocenters. The zero-order chi connectivity index (χ0) is 8.27. The Hall–Kier alpha value is -1.32. The number of H-pyrrole nitrogens is 1. The highest BCUT2D eigenvalue weighted by Gasteiger charge is 2.00. The fraction of sp³-hybridized carbons (Fsp3) is 0.429. The molecule has 0 fully saturated rings. The lowest BCUT2D eigenvalue weighted by molar-refractivity contribution is 1.04. The first-order chi connectivity index (χ1) is 5.25. The van der Waals surface area contributed by atoms with Crippen molar-refractivity contribution in [2.45, 2.75) is 13.8 Å². The molecule has 2 N–H and O–H groups in total. The van der Waals surface area contributed by atoms with Crippen LogP contribution in [-0.2, 0) is 0 Å². The monoisotopic (exact) mass is 153 g/mol. The molecule has 0 saturated heterocycles. The molecule has 1 aromatic heterocycles. The standard InChI is InChI=1S/C7H11N3O/c1-3-8-6-5(2)9-4-10-7(6)11/h4,8H,3H2,1-2H3,(H,9,10,11). The van der Waals surface area contributed by atoms with Crippen LogP contribution < -0.4 is 10.9 Å². The Labute approximate surface area is 64.7 Å². The van der Waals surface area contributed by atoms with Gasteiger partial charge in [0, 0.05) is 6.54 Å². The molecule has 1 rings (SSSR count). The Morgan fingerprint density at radius 2 is 2.45 bits per heavy atom. The van der Waals surface area contributed by atoms with Crippen molar-refractivity contribution in [1.82, 2.24) is 9.97 Å². The molecule has 0 unspecified atom stereocenters. The lowest BCUT2D eigenvalue weighted by Crippen LogP contribution is -2.15. The van der Waals surface area contributed by atoms with Crippen LogP contribution in [0.3, 0.4) is 0 Å². The van der Waals surface area contributed by atoms with Gasteiger partial charge in [-0.2, -0.15) is 0 Å². The third-order valence-electron chi connectivity index (χ3n) is 1.40. The SMILES string of the molecule is CCNc1c(C)nc[nH]c1=O. The highest BCUT2D eigenvalue weighted by molar-refractivity contribution is 5.44. The number of aromatic nitrogens is 2. The Kier molecular flexibility index (Phi) is 2.25. The summed E-state index contributed by atoms with van der Waals surface area (Å²) in [5.41, 5.74) is 1.19. The van der Waals surface area contributed by atoms with Gasteiger partial charge in [0.25, 0.3) is 5.56 Å². The summed E-state index contributed by atoms with van der Waals surface area (Å²) in [6.07, 6.45) is 1.40. The van der Waals surface area contributed by atoms with Crippen LogP contribution in [0.1, 0.15) is 12.6 Å². The molecule has 0 aliphatic heterocycles. The molecule has 0 spiro atoms. The zero-order valence-corrected chi connectivity index (χ0v) is 6.64. The van der Waals surface area contributed by atoms with Crippen LogP contribution in [0.4, 0.5) is 5.69 Å². The van der Waals surface area contributed by atoms with Gasteiger partial charge >= 0.3 is 0 Å². The largest absolute Gasteiger partial charge is 0.379 e. The maximum Gasteiger partial charge on any atom is 0.274 e. The van der Waals surface area contributed by atoms with E-state index in [9.17, 15) is 4.79 Å². The molecule has 0 aliphatic carbocycles. The Morgan fingerprint density at radius 3 is 3.00 bits per heavy atom. The molecule has 11 heavy (non-hydrogen) atoms. The average Bonchev–Trinajstić information content (AvgIpc) is 1.97. The summed E-state index contributed by atoms with van der Waals surface area (Å²) in [5, 5.41) is 2.94. The van der Waals surface area contributed by atoms with Gasteiger partial charge in [0.15, 0.2) is 0 Å². The van der Waals surface area contributed by atoms with Crippen molar-refractivity contribution in [2.75, 3.05) is 11.9 Å². The number of hydrogen-bond donors (Lipinski definition) is 2. The second-order valence-electron chi connectivity index (χ2n) is 2.22. The van der Waals surface area contributed by atoms with Crippen LogP contribution in [0.5, 0.6) is 0 Å². The maximum atomic E-state index is 11.1. The second-order valence-corrected chi connectivity index (χ2v) is 2.22. The molecular formula is C7H11N3O. The van der Waals surface area contributed by atoms with Crippen molar-refractivity contribution in [3.8, 4) is 0 Å². The van der Waals surface area contributed by atoms with E-state index in [1.165, 1.54) is 6.33 Å². The summed E-state index contributed by atoms with van der Waals surface area (Å²) in [6, 6.07) is 0. The smallest absolute Gasteiger partial charge is 0.274 e. The topological polar surface area (TPSA) is 57.8 Å². The van der Waals surface area contributed by atoms with Gasteiger partial charge in [-0.15, -0.1) is 0 Å². The van der Waals surface area contributed by atoms with Crippen molar-refractivity contribution < 1.29 is 0 Å². The van der Waals surface area contributed by atoms with Crippen molar-refractivity contribution in [3.63, 3.8) is 0 Å². The van der Waals surface area contributed by atoms with Crippen molar-refractivity contribution in [2.24, 2.45) is 0 Å². The van der Waals surface area contributed by atoms with Crippen LogP contribution in [0, 0.1) is 6.92 Å². The normalized spacial score (nSPS) is 9.64. The lowest BCUT2D eigenvalue weighted by atomic mass is 10.3. The molecule has 0 aliphatic rings. The van der Waals surface area contributed by atoms with Crippen LogP contribution in [0.25, 0.3) is 0 Å². The fourth-order valence-corrected chi connectivity index (χ4v) is 0.874. The van der Waals surface area contributed by atoms with Crippen LogP contribution in [0.15, 0.2) is 11.1 Å². The second kappa shape index (κ2) is 3.18. The summed E-state index contributed by atoms with van der Waals surface area (Å²) in [6.45, 7) is 4.47. The Morgan fingerprint density at radius 1 is 1.73 bits per heavy atom. The molecular weight excluding hydrogens is 142 g/mol. The summed E-state index contributed by atoms with van der Waals surface area (Å²) < 4.78 is 0. The third kappa shape index (κ3) is 1.58. The highest BCUT2D eigenvalue weighted by Crippen LogP contribution is 2.01. The van der Waals surface area contributed by atoms with Crippen molar-refractivity contribution >= 4 is 5.69 Å². The molecule has 0 amide bonds. The molecule has 0 aromatic carbocycles. The van der Waals surface area contributed by atoms with Crippen molar-refractivity contribution in [3.05, 3.63) is 22.4 Å². The van der Waals surface area contributed by atoms with Gasteiger partial charge in [-0.05, 0) is 13.8 Å². The summed E-state index contributed by atoms with van der Waals surface area (Å²) in [4.78, 5) is 17.5. The van der Waals surface area contributed by atoms with Gasteiger partial charge in [-0.25, -0.2) is 4.98 Å². The Balaban J connectivity index is 3.10. The minimum absolute atomic E-state index is 0.112. The summed E-state index contributed by atoms with van der Waals surface area (Å²) in [5.74, 6) is 0. The van der Waals surface area contributed by atoms with E-state index < -0.39 is 0 Å². The average molecular weight is 153 g/mol. The first-order valence-corrected chi connectivity index (χ1v) is 3.54. The number of anilines is 1. The molecule has 0 bridgehead atoms. The summed E-state index contributed by atoms with van der Waals surface area (Å²) in [7, 11) is 0. The molecule has 4 heteroatoms. The van der Waals surface area contributed by atoms with E-state index >= 15 is 0 Å². The molecule has 60 valence electrons. The number of aromatic amines is 1. The van der Waals surface area contributed by atoms with E-state index in [4.69, 9.17) is 0 Å². The molecule has 0 radical (unpaired) electrons. The quantitative estimate of drug-likeness (QED) is 0.650. The zero-order valence-electron chi connectivity index (χ0n) is 6.64. The fourth-order valence-electron chi connectivity index (χ4n) is 0.874.